The smallest absolute Gasteiger partial charge is 0.271 e. The molecule has 1 atom stereocenters. The van der Waals surface area contributed by atoms with Crippen LogP contribution in [0.25, 0.3) is 0 Å². The van der Waals surface area contributed by atoms with Gasteiger partial charge in [-0.05, 0) is 36.6 Å². The van der Waals surface area contributed by atoms with E-state index in [4.69, 9.17) is 4.74 Å². The number of benzene rings is 2. The number of carbonyl (C=O) groups excluding carboxylic acids is 2. The Kier molecular flexibility index (Phi) is 9.95. The molecule has 0 unspecified atom stereocenters. The fourth-order valence-electron chi connectivity index (χ4n) is 3.40. The monoisotopic (exact) mass is 538 g/mol. The molecule has 0 spiro atoms. The summed E-state index contributed by atoms with van der Waals surface area (Å²) in [6, 6.07) is 7.68. The number of hydrogen-bond acceptors (Lipinski definition) is 7. The fourth-order valence-corrected chi connectivity index (χ4v) is 4.25. The van der Waals surface area contributed by atoms with Crippen molar-refractivity contribution in [2.24, 2.45) is 5.92 Å². The Balaban J connectivity index is 2.48. The van der Waals surface area contributed by atoms with E-state index in [1.165, 1.54) is 49.3 Å². The molecule has 0 aliphatic carbocycles. The summed E-state index contributed by atoms with van der Waals surface area (Å²) in [5.41, 5.74) is -0.0928. The normalized spacial score (nSPS) is 12.1. The van der Waals surface area contributed by atoms with Gasteiger partial charge in [0.1, 0.15) is 29.8 Å². The zero-order chi connectivity index (χ0) is 27.9. The first-order valence-corrected chi connectivity index (χ1v) is 13.2. The van der Waals surface area contributed by atoms with Gasteiger partial charge in [0.25, 0.3) is 5.69 Å². The average molecular weight is 539 g/mol. The number of nitro groups is 1. The van der Waals surface area contributed by atoms with Gasteiger partial charge in [0, 0.05) is 25.2 Å². The average Bonchev–Trinajstić information content (AvgIpc) is 2.83. The number of hydrogen-bond donors (Lipinski definition) is 1. The van der Waals surface area contributed by atoms with Crippen LogP contribution in [0.3, 0.4) is 0 Å². The Morgan fingerprint density at radius 2 is 1.76 bits per heavy atom. The lowest BCUT2D eigenvalue weighted by molar-refractivity contribution is -0.384. The molecule has 0 saturated heterocycles. The molecule has 0 aliphatic rings. The summed E-state index contributed by atoms with van der Waals surface area (Å²) in [7, 11) is -2.88. The Labute approximate surface area is 215 Å². The van der Waals surface area contributed by atoms with Crippen molar-refractivity contribution in [1.82, 2.24) is 10.2 Å². The van der Waals surface area contributed by atoms with Gasteiger partial charge in [-0.15, -0.1) is 0 Å². The van der Waals surface area contributed by atoms with E-state index in [1.807, 2.05) is 13.8 Å². The topological polar surface area (TPSA) is 139 Å². The van der Waals surface area contributed by atoms with E-state index in [1.54, 1.807) is 0 Å². The largest absolute Gasteiger partial charge is 0.495 e. The minimum absolute atomic E-state index is 0.00312. The number of nitrogens with one attached hydrogen (secondary N) is 1. The van der Waals surface area contributed by atoms with Crippen molar-refractivity contribution in [2.45, 2.75) is 33.4 Å². The molecular formula is C24H31FN4O7S. The van der Waals surface area contributed by atoms with Gasteiger partial charge in [-0.3, -0.25) is 24.0 Å². The van der Waals surface area contributed by atoms with Crippen LogP contribution < -0.4 is 14.4 Å². The van der Waals surface area contributed by atoms with E-state index in [9.17, 15) is 32.5 Å². The Morgan fingerprint density at radius 1 is 1.14 bits per heavy atom. The van der Waals surface area contributed by atoms with Gasteiger partial charge in [0.2, 0.25) is 21.8 Å². The highest BCUT2D eigenvalue weighted by atomic mass is 32.2. The van der Waals surface area contributed by atoms with E-state index in [2.05, 4.69) is 5.32 Å². The van der Waals surface area contributed by atoms with Gasteiger partial charge in [0.15, 0.2) is 0 Å². The molecule has 0 radical (unpaired) electrons. The van der Waals surface area contributed by atoms with E-state index >= 15 is 0 Å². The van der Waals surface area contributed by atoms with Crippen molar-refractivity contribution >= 4 is 33.2 Å². The Hall–Kier alpha value is -3.74. The number of nitro benzene ring substituents is 1. The number of rotatable bonds is 12. The molecule has 0 saturated carbocycles. The number of non-ortho nitro benzene ring substituents is 1. The van der Waals surface area contributed by atoms with Crippen molar-refractivity contribution in [3.05, 3.63) is 64.0 Å². The van der Waals surface area contributed by atoms with Gasteiger partial charge in [-0.2, -0.15) is 0 Å². The summed E-state index contributed by atoms with van der Waals surface area (Å²) < 4.78 is 44.8. The molecule has 2 rings (SSSR count). The third kappa shape index (κ3) is 8.13. The second-order valence-electron chi connectivity index (χ2n) is 8.85. The number of ether oxygens (including phenoxy) is 1. The van der Waals surface area contributed by atoms with Crippen molar-refractivity contribution in [3.63, 3.8) is 0 Å². The van der Waals surface area contributed by atoms with Gasteiger partial charge in [-0.1, -0.05) is 26.0 Å². The molecule has 13 heteroatoms. The lowest BCUT2D eigenvalue weighted by atomic mass is 10.1. The maximum atomic E-state index is 13.5. The number of anilines is 1. The molecule has 0 fully saturated rings. The standard InChI is InChI=1S/C24H31FN4O7S/c1-16(2)13-26-24(31)17(3)27(14-18-6-8-19(25)9-7-18)23(30)15-28(37(5,34)35)21-12-20(29(32)33)10-11-22(21)36-4/h6-12,16-17H,13-15H2,1-5H3,(H,26,31)/t17-/m0/s1. The fraction of sp³-hybridized carbons (Fsp3) is 0.417. The van der Waals surface area contributed by atoms with Gasteiger partial charge in [-0.25, -0.2) is 12.8 Å². The molecular weight excluding hydrogens is 507 g/mol. The molecule has 37 heavy (non-hydrogen) atoms. The first kappa shape index (κ1) is 29.5. The number of methoxy groups -OCH3 is 1. The highest BCUT2D eigenvalue weighted by Gasteiger charge is 2.32. The molecule has 202 valence electrons. The molecule has 0 aliphatic heterocycles. The molecule has 2 amide bonds. The molecule has 2 aromatic rings. The van der Waals surface area contributed by atoms with Crippen LogP contribution >= 0.6 is 0 Å². The number of amides is 2. The predicted molar refractivity (Wildman–Crippen MR) is 136 cm³/mol. The summed E-state index contributed by atoms with van der Waals surface area (Å²) >= 11 is 0. The zero-order valence-corrected chi connectivity index (χ0v) is 22.1. The van der Waals surface area contributed by atoms with Crippen LogP contribution in [0.2, 0.25) is 0 Å². The van der Waals surface area contributed by atoms with Crippen LogP contribution in [-0.4, -0.2) is 62.6 Å². The predicted octanol–water partition coefficient (Wildman–Crippen LogP) is 2.70. The summed E-state index contributed by atoms with van der Waals surface area (Å²) in [6.45, 7) is 4.79. The van der Waals surface area contributed by atoms with Crippen LogP contribution in [-0.2, 0) is 26.2 Å². The lowest BCUT2D eigenvalue weighted by Gasteiger charge is -2.32. The number of carbonyl (C=O) groups is 2. The van der Waals surface area contributed by atoms with Crippen molar-refractivity contribution in [2.75, 3.05) is 30.8 Å². The highest BCUT2D eigenvalue weighted by Crippen LogP contribution is 2.33. The van der Waals surface area contributed by atoms with Gasteiger partial charge >= 0.3 is 0 Å². The van der Waals surface area contributed by atoms with E-state index in [0.717, 1.165) is 18.4 Å². The molecule has 0 aromatic heterocycles. The number of sulfonamides is 1. The van der Waals surface area contributed by atoms with Crippen molar-refractivity contribution in [1.29, 1.82) is 0 Å². The summed E-state index contributed by atoms with van der Waals surface area (Å²) in [5, 5.41) is 14.1. The van der Waals surface area contributed by atoms with E-state index in [0.29, 0.717) is 16.4 Å². The maximum absolute atomic E-state index is 13.5. The summed E-state index contributed by atoms with van der Waals surface area (Å²) in [4.78, 5) is 38.1. The van der Waals surface area contributed by atoms with E-state index in [-0.39, 0.29) is 23.9 Å². The zero-order valence-electron chi connectivity index (χ0n) is 21.3. The molecule has 11 nitrogen and oxygen atoms in total. The van der Waals surface area contributed by atoms with E-state index < -0.39 is 50.9 Å². The molecule has 0 bridgehead atoms. The third-order valence-electron chi connectivity index (χ3n) is 5.44. The van der Waals surface area contributed by atoms with Crippen molar-refractivity contribution < 1.29 is 32.1 Å². The first-order chi connectivity index (χ1) is 17.2. The molecule has 0 heterocycles. The van der Waals surface area contributed by atoms with Crippen molar-refractivity contribution in [3.8, 4) is 5.75 Å². The Bertz CT molecular complexity index is 1240. The van der Waals surface area contributed by atoms with Crippen LogP contribution in [0.5, 0.6) is 5.75 Å². The quantitative estimate of drug-likeness (QED) is 0.324. The third-order valence-corrected chi connectivity index (χ3v) is 6.57. The Morgan fingerprint density at radius 3 is 2.27 bits per heavy atom. The van der Waals surface area contributed by atoms with Crippen LogP contribution in [0.4, 0.5) is 15.8 Å². The summed E-state index contributed by atoms with van der Waals surface area (Å²) in [5.74, 6) is -1.54. The number of nitrogens with zero attached hydrogens (tertiary/aromatic N) is 3. The van der Waals surface area contributed by atoms with Crippen LogP contribution in [0.15, 0.2) is 42.5 Å². The van der Waals surface area contributed by atoms with Gasteiger partial charge < -0.3 is 15.0 Å². The minimum atomic E-state index is -4.13. The minimum Gasteiger partial charge on any atom is -0.495 e. The number of halogens is 1. The second kappa shape index (κ2) is 12.5. The highest BCUT2D eigenvalue weighted by molar-refractivity contribution is 7.92. The molecule has 1 N–H and O–H groups in total. The maximum Gasteiger partial charge on any atom is 0.271 e. The first-order valence-electron chi connectivity index (χ1n) is 11.4. The SMILES string of the molecule is COc1ccc([N+](=O)[O-])cc1N(CC(=O)N(Cc1ccc(F)cc1)[C@@H](C)C(=O)NCC(C)C)S(C)(=O)=O. The lowest BCUT2D eigenvalue weighted by Crippen LogP contribution is -2.51. The summed E-state index contributed by atoms with van der Waals surface area (Å²) in [6.07, 6.45) is 0.849. The molecule has 2 aromatic carbocycles. The van der Waals surface area contributed by atoms with Crippen LogP contribution in [0.1, 0.15) is 26.3 Å². The van der Waals surface area contributed by atoms with Gasteiger partial charge in [0.05, 0.1) is 18.3 Å². The van der Waals surface area contributed by atoms with Crippen LogP contribution in [0, 0.1) is 21.8 Å². The second-order valence-corrected chi connectivity index (χ2v) is 10.8.